The summed E-state index contributed by atoms with van der Waals surface area (Å²) in [5.74, 6) is -1.61. The molecular weight excluding hydrogens is 324 g/mol. The average Bonchev–Trinajstić information content (AvgIpc) is 2.61. The van der Waals surface area contributed by atoms with E-state index in [1.807, 2.05) is 0 Å². The first kappa shape index (κ1) is 17.6. The molecule has 0 aliphatic carbocycles. The number of ether oxygens (including phenoxy) is 1. The van der Waals surface area contributed by atoms with Crippen LogP contribution in [0, 0.1) is 11.3 Å². The maximum atomic E-state index is 12.2. The zero-order valence-electron chi connectivity index (χ0n) is 13.2. The summed E-state index contributed by atoms with van der Waals surface area (Å²) < 4.78 is 4.96. The van der Waals surface area contributed by atoms with Gasteiger partial charge in [0.2, 0.25) is 0 Å². The molecule has 0 aliphatic heterocycles. The molecule has 0 unspecified atom stereocenters. The standard InChI is InChI=1S/C18H14N2O5/c1-25-16-7-2-11(9-15(16)18(23)24)8-12(10-19)17(22)20-13-3-5-14(21)6-4-13/h2-9,21H,1H3,(H,20,22)(H,23,24)/b12-8+. The number of amides is 1. The largest absolute Gasteiger partial charge is 0.508 e. The van der Waals surface area contributed by atoms with Crippen molar-refractivity contribution in [2.24, 2.45) is 0 Å². The second-order valence-corrected chi connectivity index (χ2v) is 4.94. The maximum Gasteiger partial charge on any atom is 0.339 e. The van der Waals surface area contributed by atoms with Gasteiger partial charge in [0.05, 0.1) is 7.11 Å². The molecule has 0 aromatic heterocycles. The number of methoxy groups -OCH3 is 1. The Morgan fingerprint density at radius 1 is 1.20 bits per heavy atom. The molecule has 1 amide bonds. The first-order valence-corrected chi connectivity index (χ1v) is 7.08. The highest BCUT2D eigenvalue weighted by Crippen LogP contribution is 2.22. The highest BCUT2D eigenvalue weighted by Gasteiger charge is 2.13. The van der Waals surface area contributed by atoms with Crippen molar-refractivity contribution in [3.05, 3.63) is 59.2 Å². The number of carbonyl (C=O) groups excluding carboxylic acids is 1. The number of phenols is 1. The first-order valence-electron chi connectivity index (χ1n) is 7.08. The van der Waals surface area contributed by atoms with Crippen molar-refractivity contribution in [2.45, 2.75) is 0 Å². The fraction of sp³-hybridized carbons (Fsp3) is 0.0556. The Hall–Kier alpha value is -3.79. The Morgan fingerprint density at radius 3 is 2.44 bits per heavy atom. The lowest BCUT2D eigenvalue weighted by molar-refractivity contribution is -0.112. The van der Waals surface area contributed by atoms with E-state index >= 15 is 0 Å². The molecule has 0 saturated carbocycles. The molecule has 0 fully saturated rings. The number of carboxylic acids is 1. The number of nitrogens with zero attached hydrogens (tertiary/aromatic N) is 1. The molecule has 0 saturated heterocycles. The van der Waals surface area contributed by atoms with E-state index in [1.54, 1.807) is 6.07 Å². The quantitative estimate of drug-likeness (QED) is 0.438. The zero-order chi connectivity index (χ0) is 18.4. The van der Waals surface area contributed by atoms with Gasteiger partial charge in [-0.25, -0.2) is 4.79 Å². The molecule has 2 rings (SSSR count). The molecule has 0 atom stereocenters. The third-order valence-corrected chi connectivity index (χ3v) is 3.26. The summed E-state index contributed by atoms with van der Waals surface area (Å²) in [5, 5.41) is 30.1. The maximum absolute atomic E-state index is 12.2. The predicted molar refractivity (Wildman–Crippen MR) is 90.3 cm³/mol. The minimum Gasteiger partial charge on any atom is -0.508 e. The van der Waals surface area contributed by atoms with Crippen LogP contribution in [0.2, 0.25) is 0 Å². The van der Waals surface area contributed by atoms with E-state index in [0.717, 1.165) is 0 Å². The van der Waals surface area contributed by atoms with Crippen molar-refractivity contribution >= 4 is 23.6 Å². The molecule has 0 radical (unpaired) electrons. The number of hydrogen-bond acceptors (Lipinski definition) is 5. The van der Waals surface area contributed by atoms with Crippen molar-refractivity contribution in [3.8, 4) is 17.6 Å². The van der Waals surface area contributed by atoms with E-state index in [9.17, 15) is 25.1 Å². The van der Waals surface area contributed by atoms with E-state index in [4.69, 9.17) is 4.74 Å². The second kappa shape index (κ2) is 7.66. The number of carboxylic acid groups (broad SMARTS) is 1. The van der Waals surface area contributed by atoms with Crippen molar-refractivity contribution in [2.75, 3.05) is 12.4 Å². The lowest BCUT2D eigenvalue weighted by Gasteiger charge is -2.07. The highest BCUT2D eigenvalue weighted by molar-refractivity contribution is 6.09. The van der Waals surface area contributed by atoms with Crippen LogP contribution < -0.4 is 10.1 Å². The molecule has 2 aromatic carbocycles. The molecule has 7 nitrogen and oxygen atoms in total. The number of benzene rings is 2. The minimum absolute atomic E-state index is 0.0495. The van der Waals surface area contributed by atoms with Crippen LogP contribution in [-0.2, 0) is 4.79 Å². The third-order valence-electron chi connectivity index (χ3n) is 3.26. The summed E-state index contributed by atoms with van der Waals surface area (Å²) in [6, 6.07) is 11.8. The lowest BCUT2D eigenvalue weighted by Crippen LogP contribution is -2.13. The van der Waals surface area contributed by atoms with Crippen LogP contribution in [0.1, 0.15) is 15.9 Å². The minimum atomic E-state index is -1.18. The predicted octanol–water partition coefficient (Wildman–Crippen LogP) is 2.64. The van der Waals surface area contributed by atoms with Gasteiger partial charge in [0, 0.05) is 5.69 Å². The second-order valence-electron chi connectivity index (χ2n) is 4.94. The van der Waals surface area contributed by atoms with Gasteiger partial charge >= 0.3 is 5.97 Å². The third kappa shape index (κ3) is 4.36. The van der Waals surface area contributed by atoms with E-state index in [0.29, 0.717) is 11.3 Å². The van der Waals surface area contributed by atoms with Crippen molar-refractivity contribution in [3.63, 3.8) is 0 Å². The number of phenolic OH excluding ortho intramolecular Hbond substituents is 1. The van der Waals surface area contributed by atoms with Crippen LogP contribution >= 0.6 is 0 Å². The number of nitrogens with one attached hydrogen (secondary N) is 1. The Kier molecular flexibility index (Phi) is 5.38. The molecule has 0 heterocycles. The fourth-order valence-electron chi connectivity index (χ4n) is 2.04. The molecule has 7 heteroatoms. The molecular formula is C18H14N2O5. The number of carbonyl (C=O) groups is 2. The average molecular weight is 338 g/mol. The van der Waals surface area contributed by atoms with Crippen LogP contribution in [0.3, 0.4) is 0 Å². The van der Waals surface area contributed by atoms with E-state index in [-0.39, 0.29) is 22.6 Å². The molecule has 25 heavy (non-hydrogen) atoms. The van der Waals surface area contributed by atoms with Gasteiger partial charge in [0.25, 0.3) is 5.91 Å². The Balaban J connectivity index is 2.29. The van der Waals surface area contributed by atoms with Gasteiger partial charge in [-0.1, -0.05) is 6.07 Å². The molecule has 3 N–H and O–H groups in total. The van der Waals surface area contributed by atoms with Crippen LogP contribution in [0.25, 0.3) is 6.08 Å². The van der Waals surface area contributed by atoms with Crippen molar-refractivity contribution in [1.82, 2.24) is 0 Å². The molecule has 0 aliphatic rings. The first-order chi connectivity index (χ1) is 11.9. The molecule has 126 valence electrons. The number of anilines is 1. The van der Waals surface area contributed by atoms with E-state index in [2.05, 4.69) is 5.32 Å². The summed E-state index contributed by atoms with van der Waals surface area (Å²) in [6.45, 7) is 0. The van der Waals surface area contributed by atoms with Gasteiger partial charge in [-0.3, -0.25) is 4.79 Å². The van der Waals surface area contributed by atoms with Crippen LogP contribution in [-0.4, -0.2) is 29.2 Å². The van der Waals surface area contributed by atoms with Gasteiger partial charge in [-0.15, -0.1) is 0 Å². The van der Waals surface area contributed by atoms with Gasteiger partial charge in [0.1, 0.15) is 28.7 Å². The van der Waals surface area contributed by atoms with Gasteiger partial charge in [-0.2, -0.15) is 5.26 Å². The van der Waals surface area contributed by atoms with E-state index in [1.165, 1.54) is 55.7 Å². The summed E-state index contributed by atoms with van der Waals surface area (Å²) >= 11 is 0. The monoisotopic (exact) mass is 338 g/mol. The summed E-state index contributed by atoms with van der Waals surface area (Å²) in [6.07, 6.45) is 1.28. The number of aromatic carboxylic acids is 1. The van der Waals surface area contributed by atoms with Gasteiger partial charge < -0.3 is 20.3 Å². The van der Waals surface area contributed by atoms with Crippen LogP contribution in [0.15, 0.2) is 48.0 Å². The molecule has 0 bridgehead atoms. The SMILES string of the molecule is COc1ccc(/C=C(\C#N)C(=O)Nc2ccc(O)cc2)cc1C(=O)O. The van der Waals surface area contributed by atoms with Crippen molar-refractivity contribution < 1.29 is 24.5 Å². The normalized spacial score (nSPS) is 10.6. The lowest BCUT2D eigenvalue weighted by atomic mass is 10.1. The summed E-state index contributed by atoms with van der Waals surface area (Å²) in [4.78, 5) is 23.4. The zero-order valence-corrected chi connectivity index (χ0v) is 13.2. The number of hydrogen-bond donors (Lipinski definition) is 3. The number of rotatable bonds is 5. The highest BCUT2D eigenvalue weighted by atomic mass is 16.5. The molecule has 0 spiro atoms. The fourth-order valence-corrected chi connectivity index (χ4v) is 2.04. The van der Waals surface area contributed by atoms with E-state index < -0.39 is 11.9 Å². The summed E-state index contributed by atoms with van der Waals surface area (Å²) in [5.41, 5.74) is 0.502. The molecule has 2 aromatic rings. The Morgan fingerprint density at radius 2 is 1.88 bits per heavy atom. The van der Waals surface area contributed by atoms with Crippen molar-refractivity contribution in [1.29, 1.82) is 5.26 Å². The Labute approximate surface area is 143 Å². The number of aromatic hydroxyl groups is 1. The van der Waals surface area contributed by atoms with Gasteiger partial charge in [-0.05, 0) is 48.0 Å². The van der Waals surface area contributed by atoms with Crippen LogP contribution in [0.4, 0.5) is 5.69 Å². The smallest absolute Gasteiger partial charge is 0.339 e. The van der Waals surface area contributed by atoms with Gasteiger partial charge in [0.15, 0.2) is 0 Å². The Bertz CT molecular complexity index is 879. The van der Waals surface area contributed by atoms with Crippen LogP contribution in [0.5, 0.6) is 11.5 Å². The number of nitriles is 1. The summed E-state index contributed by atoms with van der Waals surface area (Å²) in [7, 11) is 1.35. The topological polar surface area (TPSA) is 120 Å².